The average Bonchev–Trinajstić information content (AvgIpc) is 3.01. The lowest BCUT2D eigenvalue weighted by Crippen LogP contribution is -2.42. The number of rotatable bonds is 5. The first-order valence-corrected chi connectivity index (χ1v) is 9.07. The van der Waals surface area contributed by atoms with Gasteiger partial charge in [0.15, 0.2) is 0 Å². The number of aromatic nitrogens is 3. The molecule has 0 radical (unpaired) electrons. The topological polar surface area (TPSA) is 44.8 Å². The number of hydrogen-bond donors (Lipinski definition) is 1. The maximum Gasteiger partial charge on any atom is 0.142 e. The molecule has 3 atom stereocenters. The van der Waals surface area contributed by atoms with E-state index in [1.165, 1.54) is 32.1 Å². The molecule has 3 rings (SSSR count). The number of hydrogen-bond acceptors (Lipinski definition) is 3. The molecular formula is C19H30N4. The van der Waals surface area contributed by atoms with Crippen molar-refractivity contribution in [2.24, 2.45) is 17.8 Å². The maximum atomic E-state index is 4.60. The highest BCUT2D eigenvalue weighted by Gasteiger charge is 2.32. The predicted octanol–water partition coefficient (Wildman–Crippen LogP) is 4.64. The largest absolute Gasteiger partial charge is 0.356 e. The van der Waals surface area contributed by atoms with Gasteiger partial charge >= 0.3 is 0 Å². The van der Waals surface area contributed by atoms with Crippen LogP contribution in [-0.2, 0) is 0 Å². The van der Waals surface area contributed by atoms with E-state index in [1.807, 2.05) is 6.20 Å². The molecule has 0 spiro atoms. The van der Waals surface area contributed by atoms with Crippen LogP contribution in [0.4, 0.5) is 5.82 Å². The highest BCUT2D eigenvalue weighted by Crippen LogP contribution is 2.37. The molecule has 1 saturated carbocycles. The molecule has 2 aromatic heterocycles. The summed E-state index contributed by atoms with van der Waals surface area (Å²) in [4.78, 5) is 14.6. The molecule has 3 unspecified atom stereocenters. The van der Waals surface area contributed by atoms with Gasteiger partial charge in [0.05, 0.1) is 5.39 Å². The van der Waals surface area contributed by atoms with E-state index in [-0.39, 0.29) is 0 Å². The van der Waals surface area contributed by atoms with E-state index in [2.05, 4.69) is 53.7 Å². The van der Waals surface area contributed by atoms with Crippen LogP contribution in [0.2, 0.25) is 0 Å². The van der Waals surface area contributed by atoms with Crippen molar-refractivity contribution in [1.29, 1.82) is 0 Å². The minimum atomic E-state index is 0.588. The van der Waals surface area contributed by atoms with Crippen LogP contribution in [0, 0.1) is 17.8 Å². The standard InChI is InChI=1S/C19H30N4/c1-13(2)5-7-15-8-6-14(3)11-17(15)23(4)19-16-9-10-20-18(16)21-12-22-19/h9-10,12-15,17H,5-8,11H2,1-4H3,(H,20,21,22). The molecule has 1 N–H and O–H groups in total. The Morgan fingerprint density at radius 1 is 1.30 bits per heavy atom. The van der Waals surface area contributed by atoms with Crippen molar-refractivity contribution in [1.82, 2.24) is 15.0 Å². The summed E-state index contributed by atoms with van der Waals surface area (Å²) in [6.07, 6.45) is 10.3. The fourth-order valence-electron chi connectivity index (χ4n) is 4.07. The number of H-pyrrole nitrogens is 1. The fourth-order valence-corrected chi connectivity index (χ4v) is 4.07. The summed E-state index contributed by atoms with van der Waals surface area (Å²) in [5.74, 6) is 3.45. The van der Waals surface area contributed by atoms with E-state index in [0.29, 0.717) is 6.04 Å². The molecule has 4 nitrogen and oxygen atoms in total. The zero-order valence-corrected chi connectivity index (χ0v) is 14.9. The summed E-state index contributed by atoms with van der Waals surface area (Å²) in [6.45, 7) is 7.06. The molecule has 0 aromatic carbocycles. The van der Waals surface area contributed by atoms with Gasteiger partial charge in [-0.05, 0) is 43.1 Å². The van der Waals surface area contributed by atoms with Crippen LogP contribution >= 0.6 is 0 Å². The van der Waals surface area contributed by atoms with Crippen LogP contribution in [-0.4, -0.2) is 28.0 Å². The molecule has 23 heavy (non-hydrogen) atoms. The Morgan fingerprint density at radius 2 is 2.13 bits per heavy atom. The smallest absolute Gasteiger partial charge is 0.142 e. The Morgan fingerprint density at radius 3 is 2.91 bits per heavy atom. The van der Waals surface area contributed by atoms with Gasteiger partial charge in [-0.3, -0.25) is 0 Å². The number of nitrogens with one attached hydrogen (secondary N) is 1. The van der Waals surface area contributed by atoms with Crippen LogP contribution in [0.5, 0.6) is 0 Å². The van der Waals surface area contributed by atoms with Crippen LogP contribution < -0.4 is 4.90 Å². The van der Waals surface area contributed by atoms with E-state index >= 15 is 0 Å². The van der Waals surface area contributed by atoms with Gasteiger partial charge in [0.25, 0.3) is 0 Å². The molecule has 2 aromatic rings. The van der Waals surface area contributed by atoms with Crippen molar-refractivity contribution < 1.29 is 0 Å². The van der Waals surface area contributed by atoms with Crippen LogP contribution in [0.15, 0.2) is 18.6 Å². The molecule has 1 aliphatic rings. The lowest BCUT2D eigenvalue weighted by molar-refractivity contribution is 0.223. The van der Waals surface area contributed by atoms with Gasteiger partial charge in [-0.25, -0.2) is 9.97 Å². The van der Waals surface area contributed by atoms with Crippen molar-refractivity contribution >= 4 is 16.9 Å². The van der Waals surface area contributed by atoms with Gasteiger partial charge in [-0.2, -0.15) is 0 Å². The number of fused-ring (bicyclic) bond motifs is 1. The summed E-state index contributed by atoms with van der Waals surface area (Å²) in [5.41, 5.74) is 0.935. The first-order valence-electron chi connectivity index (χ1n) is 9.07. The number of anilines is 1. The van der Waals surface area contributed by atoms with E-state index < -0.39 is 0 Å². The lowest BCUT2D eigenvalue weighted by Gasteiger charge is -2.41. The monoisotopic (exact) mass is 314 g/mol. The van der Waals surface area contributed by atoms with Crippen molar-refractivity contribution in [2.45, 2.75) is 58.9 Å². The van der Waals surface area contributed by atoms with Gasteiger partial charge in [0.2, 0.25) is 0 Å². The summed E-state index contributed by atoms with van der Waals surface area (Å²) in [5, 5.41) is 1.14. The van der Waals surface area contributed by atoms with E-state index in [0.717, 1.165) is 34.6 Å². The lowest BCUT2D eigenvalue weighted by atomic mass is 9.75. The zero-order chi connectivity index (χ0) is 16.4. The van der Waals surface area contributed by atoms with Crippen LogP contribution in [0.1, 0.15) is 52.9 Å². The van der Waals surface area contributed by atoms with Crippen molar-refractivity contribution in [2.75, 3.05) is 11.9 Å². The number of nitrogens with zero attached hydrogens (tertiary/aromatic N) is 3. The third-order valence-electron chi connectivity index (χ3n) is 5.50. The Labute approximate surface area is 139 Å². The van der Waals surface area contributed by atoms with E-state index in [4.69, 9.17) is 0 Å². The molecular weight excluding hydrogens is 284 g/mol. The summed E-state index contributed by atoms with van der Waals surface area (Å²) in [6, 6.07) is 2.68. The molecule has 2 heterocycles. The highest BCUT2D eigenvalue weighted by atomic mass is 15.2. The predicted molar refractivity (Wildman–Crippen MR) is 96.7 cm³/mol. The van der Waals surface area contributed by atoms with Gasteiger partial charge < -0.3 is 9.88 Å². The molecule has 0 aliphatic heterocycles. The first-order chi connectivity index (χ1) is 11.1. The minimum Gasteiger partial charge on any atom is -0.356 e. The normalized spacial score (nSPS) is 25.2. The molecule has 0 saturated heterocycles. The Hall–Kier alpha value is -1.58. The molecule has 0 amide bonds. The SMILES string of the molecule is CC(C)CCC1CCC(C)CC1N(C)c1ncnc2[nH]ccc12. The summed E-state index contributed by atoms with van der Waals surface area (Å²) < 4.78 is 0. The van der Waals surface area contributed by atoms with Gasteiger partial charge in [-0.15, -0.1) is 0 Å². The summed E-state index contributed by atoms with van der Waals surface area (Å²) in [7, 11) is 2.22. The molecule has 126 valence electrons. The van der Waals surface area contributed by atoms with Crippen LogP contribution in [0.3, 0.4) is 0 Å². The molecule has 0 bridgehead atoms. The molecule has 4 heteroatoms. The fraction of sp³-hybridized carbons (Fsp3) is 0.684. The third kappa shape index (κ3) is 3.51. The first kappa shape index (κ1) is 16.3. The second kappa shape index (κ2) is 6.90. The minimum absolute atomic E-state index is 0.588. The van der Waals surface area contributed by atoms with Crippen molar-refractivity contribution in [3.63, 3.8) is 0 Å². The Kier molecular flexibility index (Phi) is 4.88. The van der Waals surface area contributed by atoms with Crippen LogP contribution in [0.25, 0.3) is 11.0 Å². The summed E-state index contributed by atoms with van der Waals surface area (Å²) >= 11 is 0. The second-order valence-corrected chi connectivity index (χ2v) is 7.76. The molecule has 1 fully saturated rings. The Bertz CT molecular complexity index is 633. The third-order valence-corrected chi connectivity index (χ3v) is 5.50. The Balaban J connectivity index is 1.84. The zero-order valence-electron chi connectivity index (χ0n) is 14.9. The van der Waals surface area contributed by atoms with Crippen molar-refractivity contribution in [3.8, 4) is 0 Å². The number of aromatic amines is 1. The van der Waals surface area contributed by atoms with Gasteiger partial charge in [0, 0.05) is 19.3 Å². The van der Waals surface area contributed by atoms with Gasteiger partial charge in [-0.1, -0.05) is 33.6 Å². The van der Waals surface area contributed by atoms with Crippen molar-refractivity contribution in [3.05, 3.63) is 18.6 Å². The quantitative estimate of drug-likeness (QED) is 0.874. The van der Waals surface area contributed by atoms with Gasteiger partial charge in [0.1, 0.15) is 17.8 Å². The molecule has 1 aliphatic carbocycles. The maximum absolute atomic E-state index is 4.60. The second-order valence-electron chi connectivity index (χ2n) is 7.76. The highest BCUT2D eigenvalue weighted by molar-refractivity contribution is 5.87. The van der Waals surface area contributed by atoms with E-state index in [9.17, 15) is 0 Å². The average molecular weight is 314 g/mol. The van der Waals surface area contributed by atoms with E-state index in [1.54, 1.807) is 6.33 Å².